The largest absolute Gasteiger partial charge is 0.466 e. The van der Waals surface area contributed by atoms with E-state index in [9.17, 15) is 24.3 Å². The van der Waals surface area contributed by atoms with Crippen molar-refractivity contribution in [3.8, 4) is 0 Å². The van der Waals surface area contributed by atoms with Gasteiger partial charge in [-0.05, 0) is 9.62 Å². The van der Waals surface area contributed by atoms with Gasteiger partial charge in [-0.3, -0.25) is 9.78 Å². The molecule has 0 saturated carbocycles. The van der Waals surface area contributed by atoms with Gasteiger partial charge in [-0.1, -0.05) is 0 Å². The van der Waals surface area contributed by atoms with E-state index >= 15 is 0 Å². The number of aliphatic hydroxyl groups excluding tert-OH is 3. The first-order valence-electron chi connectivity index (χ1n) is 6.18. The molecule has 1 aliphatic rings. The summed E-state index contributed by atoms with van der Waals surface area (Å²) in [6.07, 6.45) is -4.18. The number of nitrogens with one attached hydrogen (secondary N) is 1. The molecular formula is C9H14FN2O12P. The molecule has 0 unspecified atom stereocenters. The molecule has 14 nitrogen and oxygen atoms in total. The number of hydrogen-bond donors (Lipinski definition) is 7. The van der Waals surface area contributed by atoms with E-state index in [1.807, 2.05) is 4.98 Å². The molecule has 16 heteroatoms. The van der Waals surface area contributed by atoms with Crippen LogP contribution in [0.4, 0.5) is 4.53 Å². The second kappa shape index (κ2) is 8.24. The third-order valence-corrected chi connectivity index (χ3v) is 2.89. The third kappa shape index (κ3) is 5.23. The minimum atomic E-state index is -4.64. The maximum absolute atomic E-state index is 12.1. The molecule has 0 bridgehead atoms. The molecule has 4 atom stereocenters. The Morgan fingerprint density at radius 3 is 2.32 bits per heavy atom. The van der Waals surface area contributed by atoms with Crippen LogP contribution in [-0.4, -0.2) is 64.5 Å². The standard InChI is InChI=1S/C9H11FN2O8.H3O4P/c10-20-19-9(7(16)6(15)4(3-13)18-9)12-2-1-5(14)11-8(12)17;1-5(2,3)4/h1-2,4,6-7,13,15-16H,3H2,(H,11,14,17);(H3,1,2,3,4)/t4-,6-,7-,9+;/m1./s1. The zero-order chi connectivity index (χ0) is 19.4. The maximum Gasteiger partial charge on any atom is 0.466 e. The first-order valence-corrected chi connectivity index (χ1v) is 7.74. The smallest absolute Gasteiger partial charge is 0.394 e. The molecule has 144 valence electrons. The summed E-state index contributed by atoms with van der Waals surface area (Å²) in [5.41, 5.74) is -1.87. The zero-order valence-electron chi connectivity index (χ0n) is 12.0. The zero-order valence-corrected chi connectivity index (χ0v) is 12.9. The molecule has 25 heavy (non-hydrogen) atoms. The van der Waals surface area contributed by atoms with E-state index in [1.165, 1.54) is 0 Å². The Hall–Kier alpha value is -1.52. The fraction of sp³-hybridized carbons (Fsp3) is 0.556. The molecule has 0 aromatic carbocycles. The molecule has 0 amide bonds. The monoisotopic (exact) mass is 392 g/mol. The SMILES string of the molecule is O=P(O)(O)O.O=c1ccn([C@]2(OOF)O[C@H](CO)[C@@H](O)[C@H]2O)c(=O)[nH]1. The van der Waals surface area contributed by atoms with Gasteiger partial charge in [0, 0.05) is 12.3 Å². The highest BCUT2D eigenvalue weighted by Gasteiger charge is 2.59. The number of rotatable bonds is 4. The van der Waals surface area contributed by atoms with Gasteiger partial charge in [0.15, 0.2) is 6.10 Å². The van der Waals surface area contributed by atoms with Gasteiger partial charge >= 0.3 is 19.4 Å². The summed E-state index contributed by atoms with van der Waals surface area (Å²) in [5, 5.41) is 31.5. The van der Waals surface area contributed by atoms with Crippen LogP contribution in [0.5, 0.6) is 0 Å². The normalized spacial score (nSPS) is 29.2. The number of hydrogen-bond acceptors (Lipinski definition) is 9. The van der Waals surface area contributed by atoms with Crippen LogP contribution >= 0.6 is 7.82 Å². The Bertz CT molecular complexity index is 724. The van der Waals surface area contributed by atoms with Gasteiger partial charge in [0.1, 0.15) is 12.2 Å². The number of aromatic amines is 1. The van der Waals surface area contributed by atoms with Crippen LogP contribution in [0.3, 0.4) is 0 Å². The van der Waals surface area contributed by atoms with Crippen LogP contribution in [0, 0.1) is 0 Å². The average molecular weight is 392 g/mol. The first kappa shape index (κ1) is 21.5. The van der Waals surface area contributed by atoms with Gasteiger partial charge < -0.3 is 34.7 Å². The van der Waals surface area contributed by atoms with Crippen LogP contribution in [0.15, 0.2) is 21.9 Å². The summed E-state index contributed by atoms with van der Waals surface area (Å²) in [6, 6.07) is 0.874. The van der Waals surface area contributed by atoms with E-state index < -0.39 is 49.9 Å². The number of aliphatic hydroxyl groups is 3. The van der Waals surface area contributed by atoms with E-state index in [4.69, 9.17) is 29.1 Å². The number of phosphoric acid groups is 1. The summed E-state index contributed by atoms with van der Waals surface area (Å²) < 4.78 is 26.4. The summed E-state index contributed by atoms with van der Waals surface area (Å²) >= 11 is 0. The number of ether oxygens (including phenoxy) is 1. The Kier molecular flexibility index (Phi) is 7.09. The number of nitrogens with zero attached hydrogens (tertiary/aromatic N) is 1. The van der Waals surface area contributed by atoms with E-state index in [0.29, 0.717) is 4.57 Å². The molecule has 0 aliphatic carbocycles. The van der Waals surface area contributed by atoms with Gasteiger partial charge in [0.25, 0.3) is 5.56 Å². The number of halogens is 1. The van der Waals surface area contributed by atoms with Crippen molar-refractivity contribution < 1.29 is 53.8 Å². The Balaban J connectivity index is 0.000000550. The predicted octanol–water partition coefficient (Wildman–Crippen LogP) is -3.84. The summed E-state index contributed by atoms with van der Waals surface area (Å²) in [5.74, 6) is -2.59. The maximum atomic E-state index is 12.1. The minimum Gasteiger partial charge on any atom is -0.394 e. The van der Waals surface area contributed by atoms with Crippen molar-refractivity contribution in [3.05, 3.63) is 33.1 Å². The van der Waals surface area contributed by atoms with Crippen molar-refractivity contribution in [2.45, 2.75) is 24.2 Å². The van der Waals surface area contributed by atoms with E-state index in [-0.39, 0.29) is 0 Å². The first-order chi connectivity index (χ1) is 11.5. The van der Waals surface area contributed by atoms with Crippen molar-refractivity contribution in [2.75, 3.05) is 6.61 Å². The van der Waals surface area contributed by atoms with Gasteiger partial charge in [0.05, 0.1) is 6.61 Å². The molecular weight excluding hydrogens is 378 g/mol. The lowest BCUT2D eigenvalue weighted by Gasteiger charge is -2.29. The Labute approximate surface area is 136 Å². The highest BCUT2D eigenvalue weighted by molar-refractivity contribution is 7.45. The second-order valence-electron chi connectivity index (χ2n) is 4.54. The van der Waals surface area contributed by atoms with E-state index in [1.54, 1.807) is 0 Å². The third-order valence-electron chi connectivity index (χ3n) is 2.89. The molecule has 7 N–H and O–H groups in total. The van der Waals surface area contributed by atoms with Crippen molar-refractivity contribution >= 4 is 7.82 Å². The molecule has 1 saturated heterocycles. The van der Waals surface area contributed by atoms with Crippen LogP contribution in [0.2, 0.25) is 0 Å². The minimum absolute atomic E-state index is 0.470. The van der Waals surface area contributed by atoms with Crippen molar-refractivity contribution in [1.82, 2.24) is 9.55 Å². The second-order valence-corrected chi connectivity index (χ2v) is 5.57. The summed E-state index contributed by atoms with van der Waals surface area (Å²) in [4.78, 5) is 50.2. The Morgan fingerprint density at radius 1 is 1.36 bits per heavy atom. The van der Waals surface area contributed by atoms with Gasteiger partial charge in [-0.15, -0.1) is 4.89 Å². The van der Waals surface area contributed by atoms with Crippen LogP contribution in [-0.2, 0) is 25.2 Å². The molecule has 1 fully saturated rings. The van der Waals surface area contributed by atoms with Crippen LogP contribution in [0.25, 0.3) is 0 Å². The lowest BCUT2D eigenvalue weighted by molar-refractivity contribution is -0.545. The van der Waals surface area contributed by atoms with Gasteiger partial charge in [0.2, 0.25) is 0 Å². The van der Waals surface area contributed by atoms with E-state index in [0.717, 1.165) is 12.3 Å². The number of H-pyrrole nitrogens is 1. The molecule has 0 spiro atoms. The lowest BCUT2D eigenvalue weighted by Crippen LogP contribution is -2.53. The Morgan fingerprint density at radius 2 is 1.92 bits per heavy atom. The molecule has 2 rings (SSSR count). The van der Waals surface area contributed by atoms with E-state index in [2.05, 4.69) is 9.98 Å². The fourth-order valence-electron chi connectivity index (χ4n) is 1.94. The van der Waals surface area contributed by atoms with Crippen molar-refractivity contribution in [1.29, 1.82) is 0 Å². The fourth-order valence-corrected chi connectivity index (χ4v) is 1.94. The quantitative estimate of drug-likeness (QED) is 0.149. The molecule has 2 heterocycles. The summed E-state index contributed by atoms with van der Waals surface area (Å²) in [6.45, 7) is -0.742. The molecule has 1 aromatic heterocycles. The van der Waals surface area contributed by atoms with Crippen LogP contribution < -0.4 is 11.2 Å². The van der Waals surface area contributed by atoms with Crippen LogP contribution in [0.1, 0.15) is 0 Å². The lowest BCUT2D eigenvalue weighted by atomic mass is 10.1. The molecule has 0 radical (unpaired) electrons. The summed E-state index contributed by atoms with van der Waals surface area (Å²) in [7, 11) is -4.64. The van der Waals surface area contributed by atoms with Crippen molar-refractivity contribution in [2.24, 2.45) is 0 Å². The number of aromatic nitrogens is 2. The van der Waals surface area contributed by atoms with Crippen molar-refractivity contribution in [3.63, 3.8) is 0 Å². The predicted molar refractivity (Wildman–Crippen MR) is 70.8 cm³/mol. The molecule has 1 aliphatic heterocycles. The van der Waals surface area contributed by atoms with Gasteiger partial charge in [-0.2, -0.15) is 0 Å². The molecule has 1 aromatic rings. The highest BCUT2D eigenvalue weighted by Crippen LogP contribution is 2.36. The highest BCUT2D eigenvalue weighted by atomic mass is 31.2. The van der Waals surface area contributed by atoms with Gasteiger partial charge in [-0.25, -0.2) is 13.9 Å². The topological polar surface area (TPSA) is 221 Å². The average Bonchev–Trinajstić information content (AvgIpc) is 2.71.